The molecule has 0 amide bonds. The summed E-state index contributed by atoms with van der Waals surface area (Å²) in [5.41, 5.74) is 8.31. The van der Waals surface area contributed by atoms with E-state index < -0.39 is 0 Å². The molecule has 104 valence electrons. The van der Waals surface area contributed by atoms with Gasteiger partial charge in [-0.15, -0.1) is 0 Å². The van der Waals surface area contributed by atoms with Crippen LogP contribution in [-0.2, 0) is 12.8 Å². The van der Waals surface area contributed by atoms with Crippen LogP contribution in [0.1, 0.15) is 34.7 Å². The van der Waals surface area contributed by atoms with Gasteiger partial charge in [-0.1, -0.05) is 30.3 Å². The van der Waals surface area contributed by atoms with Crippen LogP contribution >= 0.6 is 0 Å². The van der Waals surface area contributed by atoms with Gasteiger partial charge < -0.3 is 0 Å². The van der Waals surface area contributed by atoms with Crippen LogP contribution in [0.3, 0.4) is 0 Å². The zero-order valence-corrected chi connectivity index (χ0v) is 11.8. The van der Waals surface area contributed by atoms with Crippen molar-refractivity contribution in [2.45, 2.75) is 38.1 Å². The van der Waals surface area contributed by atoms with Crippen molar-refractivity contribution >= 4 is 0 Å². The minimum Gasteiger partial charge on any atom is -0.271 e. The van der Waals surface area contributed by atoms with E-state index in [2.05, 4.69) is 47.7 Å². The Bertz CT molecular complexity index is 594. The van der Waals surface area contributed by atoms with Crippen molar-refractivity contribution in [2.24, 2.45) is 5.84 Å². The summed E-state index contributed by atoms with van der Waals surface area (Å²) in [6.07, 6.45) is 5.08. The Morgan fingerprint density at radius 3 is 2.95 bits per heavy atom. The van der Waals surface area contributed by atoms with Gasteiger partial charge in [0.15, 0.2) is 0 Å². The average Bonchev–Trinajstić information content (AvgIpc) is 2.90. The number of hydrogen-bond acceptors (Lipinski definition) is 3. The van der Waals surface area contributed by atoms with E-state index in [1.165, 1.54) is 22.4 Å². The van der Waals surface area contributed by atoms with E-state index in [4.69, 9.17) is 5.84 Å². The second kappa shape index (κ2) is 5.73. The van der Waals surface area contributed by atoms with Crippen molar-refractivity contribution < 1.29 is 0 Å². The summed E-state index contributed by atoms with van der Waals surface area (Å²) in [6.45, 7) is 2.16. The van der Waals surface area contributed by atoms with E-state index >= 15 is 0 Å². The van der Waals surface area contributed by atoms with E-state index in [0.717, 1.165) is 19.3 Å². The molecule has 0 aliphatic heterocycles. The molecule has 2 aromatic rings. The number of benzene rings is 1. The van der Waals surface area contributed by atoms with E-state index in [0.29, 0.717) is 5.92 Å². The number of pyridine rings is 1. The predicted molar refractivity (Wildman–Crippen MR) is 81.3 cm³/mol. The number of nitrogens with one attached hydrogen (secondary N) is 1. The van der Waals surface area contributed by atoms with Crippen molar-refractivity contribution in [1.82, 2.24) is 10.4 Å². The largest absolute Gasteiger partial charge is 0.271 e. The van der Waals surface area contributed by atoms with E-state index in [1.54, 1.807) is 0 Å². The van der Waals surface area contributed by atoms with Gasteiger partial charge in [0.1, 0.15) is 0 Å². The van der Waals surface area contributed by atoms with Gasteiger partial charge in [0, 0.05) is 23.9 Å². The molecule has 1 aromatic heterocycles. The summed E-state index contributed by atoms with van der Waals surface area (Å²) >= 11 is 0. The molecule has 3 heteroatoms. The highest BCUT2D eigenvalue weighted by molar-refractivity contribution is 5.32. The lowest BCUT2D eigenvalue weighted by atomic mass is 9.90. The predicted octanol–water partition coefficient (Wildman–Crippen LogP) is 2.49. The number of nitrogens with zero attached hydrogens (tertiary/aromatic N) is 1. The van der Waals surface area contributed by atoms with Gasteiger partial charge in [0.25, 0.3) is 0 Å². The molecule has 0 saturated heterocycles. The molecule has 1 aromatic carbocycles. The lowest BCUT2D eigenvalue weighted by molar-refractivity contribution is 0.428. The lowest BCUT2D eigenvalue weighted by Crippen LogP contribution is -2.41. The Hall–Kier alpha value is -1.71. The van der Waals surface area contributed by atoms with Crippen LogP contribution in [0.15, 0.2) is 42.6 Å². The summed E-state index contributed by atoms with van der Waals surface area (Å²) in [5, 5.41) is 0. The Morgan fingerprint density at radius 2 is 2.15 bits per heavy atom. The van der Waals surface area contributed by atoms with Crippen LogP contribution in [0, 0.1) is 6.92 Å². The fourth-order valence-electron chi connectivity index (χ4n) is 3.23. The maximum Gasteiger partial charge on any atom is 0.0482 e. The first kappa shape index (κ1) is 13.3. The third-order valence-corrected chi connectivity index (χ3v) is 4.40. The smallest absolute Gasteiger partial charge is 0.0482 e. The molecule has 0 fully saturated rings. The number of fused-ring (bicyclic) bond motifs is 1. The number of nitrogens with two attached hydrogens (primary N) is 1. The molecular weight excluding hydrogens is 246 g/mol. The second-order valence-corrected chi connectivity index (χ2v) is 5.60. The summed E-state index contributed by atoms with van der Waals surface area (Å²) in [6, 6.07) is 13.0. The molecule has 0 radical (unpaired) electrons. The zero-order valence-electron chi connectivity index (χ0n) is 11.8. The lowest BCUT2D eigenvalue weighted by Gasteiger charge is -2.23. The molecule has 3 nitrogen and oxygen atoms in total. The van der Waals surface area contributed by atoms with Gasteiger partial charge in [-0.25, -0.2) is 0 Å². The molecule has 0 saturated carbocycles. The molecule has 1 heterocycles. The number of rotatable bonds is 4. The van der Waals surface area contributed by atoms with Crippen LogP contribution in [0.5, 0.6) is 0 Å². The normalized spacial score (nSPS) is 18.8. The number of hydrogen-bond donors (Lipinski definition) is 2. The molecule has 20 heavy (non-hydrogen) atoms. The Labute approximate surface area is 120 Å². The summed E-state index contributed by atoms with van der Waals surface area (Å²) in [7, 11) is 0. The molecular formula is C17H21N3. The van der Waals surface area contributed by atoms with Crippen molar-refractivity contribution in [3.05, 3.63) is 65.0 Å². The summed E-state index contributed by atoms with van der Waals surface area (Å²) < 4.78 is 0. The zero-order chi connectivity index (χ0) is 13.9. The molecule has 2 atom stereocenters. The van der Waals surface area contributed by atoms with Crippen LogP contribution in [-0.4, -0.2) is 11.0 Å². The first-order chi connectivity index (χ1) is 9.79. The fraction of sp³-hybridized carbons (Fsp3) is 0.353. The maximum absolute atomic E-state index is 5.83. The standard InChI is InChI=1S/C17H21N3/c1-12-5-2-3-6-14(12)11-16(20-18)15-9-8-13-7-4-10-19-17(13)15/h2-7,10,15-16,20H,8-9,11,18H2,1H3. The first-order valence-electron chi connectivity index (χ1n) is 7.24. The topological polar surface area (TPSA) is 50.9 Å². The molecule has 3 rings (SSSR count). The molecule has 1 aliphatic carbocycles. The maximum atomic E-state index is 5.83. The second-order valence-electron chi connectivity index (χ2n) is 5.60. The van der Waals surface area contributed by atoms with Crippen molar-refractivity contribution in [3.63, 3.8) is 0 Å². The van der Waals surface area contributed by atoms with Crippen molar-refractivity contribution in [2.75, 3.05) is 0 Å². The summed E-state index contributed by atoms with van der Waals surface area (Å²) in [5.74, 6) is 6.24. The number of hydrazine groups is 1. The minimum absolute atomic E-state index is 0.243. The van der Waals surface area contributed by atoms with Gasteiger partial charge in [-0.2, -0.15) is 0 Å². The fourth-order valence-corrected chi connectivity index (χ4v) is 3.23. The van der Waals surface area contributed by atoms with Gasteiger partial charge in [-0.3, -0.25) is 16.3 Å². The molecule has 3 N–H and O–H groups in total. The highest BCUT2D eigenvalue weighted by atomic mass is 15.2. The average molecular weight is 267 g/mol. The van der Waals surface area contributed by atoms with E-state index in [9.17, 15) is 0 Å². The van der Waals surface area contributed by atoms with Gasteiger partial charge >= 0.3 is 0 Å². The van der Waals surface area contributed by atoms with Crippen LogP contribution < -0.4 is 11.3 Å². The van der Waals surface area contributed by atoms with Crippen LogP contribution in [0.25, 0.3) is 0 Å². The third kappa shape index (κ3) is 2.47. The Kier molecular flexibility index (Phi) is 3.81. The summed E-state index contributed by atoms with van der Waals surface area (Å²) in [4.78, 5) is 4.58. The Balaban J connectivity index is 1.83. The number of aromatic nitrogens is 1. The highest BCUT2D eigenvalue weighted by Crippen LogP contribution is 2.34. The van der Waals surface area contributed by atoms with Gasteiger partial charge in [0.2, 0.25) is 0 Å². The SMILES string of the molecule is Cc1ccccc1CC(NN)C1CCc2cccnc21. The van der Waals surface area contributed by atoms with E-state index in [-0.39, 0.29) is 6.04 Å². The molecule has 0 bridgehead atoms. The number of aryl methyl sites for hydroxylation is 2. The Morgan fingerprint density at radius 1 is 1.30 bits per heavy atom. The highest BCUT2D eigenvalue weighted by Gasteiger charge is 2.30. The van der Waals surface area contributed by atoms with Crippen LogP contribution in [0.4, 0.5) is 0 Å². The molecule has 1 aliphatic rings. The van der Waals surface area contributed by atoms with Crippen LogP contribution in [0.2, 0.25) is 0 Å². The third-order valence-electron chi connectivity index (χ3n) is 4.40. The molecule has 0 spiro atoms. The van der Waals surface area contributed by atoms with Crippen molar-refractivity contribution in [3.8, 4) is 0 Å². The monoisotopic (exact) mass is 267 g/mol. The first-order valence-corrected chi connectivity index (χ1v) is 7.24. The van der Waals surface area contributed by atoms with Gasteiger partial charge in [0.05, 0.1) is 0 Å². The molecule has 2 unspecified atom stereocenters. The van der Waals surface area contributed by atoms with E-state index in [1.807, 2.05) is 12.3 Å². The quantitative estimate of drug-likeness (QED) is 0.661. The van der Waals surface area contributed by atoms with Crippen molar-refractivity contribution in [1.29, 1.82) is 0 Å². The van der Waals surface area contributed by atoms with Gasteiger partial charge in [-0.05, 0) is 48.9 Å². The minimum atomic E-state index is 0.243.